The van der Waals surface area contributed by atoms with Crippen molar-refractivity contribution in [2.24, 2.45) is 0 Å². The summed E-state index contributed by atoms with van der Waals surface area (Å²) in [7, 11) is -3.85. The Kier molecular flexibility index (Phi) is 15.9. The van der Waals surface area contributed by atoms with Gasteiger partial charge < -0.3 is 25.8 Å². The number of hydrogen-bond donors (Lipinski definition) is 4. The molecule has 0 radical (unpaired) electrons. The minimum absolute atomic E-state index is 0.00591. The SMILES string of the molecule is CCCC(CCC)S(=O)(=O)CC(NC(=O)O[C@H]1CCSC1)C(=O)N[C@@H](Cc1cc(F)cc(F)c1)[C@H](O)CNCc1cccc(CC)c1. The summed E-state index contributed by atoms with van der Waals surface area (Å²) >= 11 is 1.63. The molecule has 1 saturated heterocycles. The third-order valence-corrected chi connectivity index (χ3v) is 11.6. The fourth-order valence-corrected chi connectivity index (χ4v) is 8.90. The Morgan fingerprint density at radius 3 is 2.30 bits per heavy atom. The molecule has 0 aromatic heterocycles. The second kappa shape index (κ2) is 19.3. The smallest absolute Gasteiger partial charge is 0.408 e. The Morgan fingerprint density at radius 1 is 1.00 bits per heavy atom. The molecule has 2 amide bonds. The van der Waals surface area contributed by atoms with Gasteiger partial charge in [-0.15, -0.1) is 0 Å². The van der Waals surface area contributed by atoms with E-state index in [1.54, 1.807) is 11.8 Å². The summed E-state index contributed by atoms with van der Waals surface area (Å²) in [6.45, 7) is 6.24. The van der Waals surface area contributed by atoms with E-state index in [4.69, 9.17) is 4.74 Å². The monoisotopic (exact) mass is 697 g/mol. The molecule has 0 saturated carbocycles. The lowest BCUT2D eigenvalue weighted by Gasteiger charge is -2.28. The standard InChI is InChI=1S/C34H49F2N3O6S2/c1-4-8-29(9-5-2)47(43,44)22-31(39-34(42)45-28-12-13-46-21-28)33(41)38-30(17-25-15-26(35)18-27(36)16-25)32(40)20-37-19-24-11-7-10-23(6-3)14-24/h7,10-11,14-16,18,28-32,37,40H,4-6,8-9,12-13,17,19-22H2,1-3H3,(H,38,41)(H,39,42)/t28-,30-,31?,32+/m0/s1. The molecule has 1 unspecified atom stereocenters. The fourth-order valence-electron chi connectivity index (χ4n) is 5.65. The Balaban J connectivity index is 1.83. The van der Waals surface area contributed by atoms with E-state index >= 15 is 0 Å². The van der Waals surface area contributed by atoms with Crippen LogP contribution in [0.5, 0.6) is 0 Å². The van der Waals surface area contributed by atoms with Crippen molar-refractivity contribution in [3.05, 3.63) is 70.8 Å². The van der Waals surface area contributed by atoms with Gasteiger partial charge in [0.2, 0.25) is 5.91 Å². The lowest BCUT2D eigenvalue weighted by Crippen LogP contribution is -2.57. The highest BCUT2D eigenvalue weighted by Gasteiger charge is 2.35. The van der Waals surface area contributed by atoms with Crippen LogP contribution < -0.4 is 16.0 Å². The van der Waals surface area contributed by atoms with E-state index < -0.39 is 62.7 Å². The molecule has 4 atom stereocenters. The molecule has 2 aromatic carbocycles. The highest BCUT2D eigenvalue weighted by atomic mass is 32.2. The van der Waals surface area contributed by atoms with Gasteiger partial charge in [0.25, 0.3) is 0 Å². The van der Waals surface area contributed by atoms with Crippen molar-refractivity contribution in [1.29, 1.82) is 0 Å². The number of sulfone groups is 1. The van der Waals surface area contributed by atoms with Crippen molar-refractivity contribution in [1.82, 2.24) is 16.0 Å². The van der Waals surface area contributed by atoms with Crippen LogP contribution in [0, 0.1) is 11.6 Å². The van der Waals surface area contributed by atoms with Gasteiger partial charge in [-0.05, 0) is 66.7 Å². The average Bonchev–Trinajstić information content (AvgIpc) is 3.52. The molecule has 1 heterocycles. The fraction of sp³-hybridized carbons (Fsp3) is 0.588. The number of ether oxygens (including phenoxy) is 1. The van der Waals surface area contributed by atoms with Gasteiger partial charge >= 0.3 is 6.09 Å². The van der Waals surface area contributed by atoms with Gasteiger partial charge in [-0.3, -0.25) is 4.79 Å². The molecule has 2 aromatic rings. The minimum Gasteiger partial charge on any atom is -0.445 e. The van der Waals surface area contributed by atoms with Gasteiger partial charge in [-0.25, -0.2) is 22.0 Å². The summed E-state index contributed by atoms with van der Waals surface area (Å²) in [6.07, 6.45) is 0.930. The van der Waals surface area contributed by atoms with Crippen LogP contribution in [0.4, 0.5) is 13.6 Å². The van der Waals surface area contributed by atoms with Crippen molar-refractivity contribution >= 4 is 33.6 Å². The number of carbonyl (C=O) groups excluding carboxylic acids is 2. The Hall–Kier alpha value is -2.74. The van der Waals surface area contributed by atoms with Gasteiger partial charge in [0.1, 0.15) is 23.8 Å². The lowest BCUT2D eigenvalue weighted by molar-refractivity contribution is -0.124. The third-order valence-electron chi connectivity index (χ3n) is 8.15. The topological polar surface area (TPSA) is 134 Å². The van der Waals surface area contributed by atoms with E-state index in [0.717, 1.165) is 41.5 Å². The second-order valence-corrected chi connectivity index (χ2v) is 15.6. The molecule has 262 valence electrons. The first-order chi connectivity index (χ1) is 22.4. The summed E-state index contributed by atoms with van der Waals surface area (Å²) in [5.74, 6) is -1.72. The minimum atomic E-state index is -3.85. The maximum Gasteiger partial charge on any atom is 0.408 e. The number of aryl methyl sites for hydroxylation is 1. The normalized spacial score (nSPS) is 16.9. The van der Waals surface area contributed by atoms with E-state index in [9.17, 15) is 31.9 Å². The van der Waals surface area contributed by atoms with Gasteiger partial charge in [0.15, 0.2) is 9.84 Å². The predicted molar refractivity (Wildman–Crippen MR) is 182 cm³/mol. The van der Waals surface area contributed by atoms with Crippen molar-refractivity contribution in [2.75, 3.05) is 23.8 Å². The van der Waals surface area contributed by atoms with Crippen LogP contribution >= 0.6 is 11.8 Å². The first-order valence-corrected chi connectivity index (χ1v) is 19.3. The lowest BCUT2D eigenvalue weighted by atomic mass is 10.00. The van der Waals surface area contributed by atoms with Gasteiger partial charge in [-0.1, -0.05) is 57.9 Å². The highest BCUT2D eigenvalue weighted by molar-refractivity contribution is 7.99. The summed E-state index contributed by atoms with van der Waals surface area (Å²) < 4.78 is 60.7. The first kappa shape index (κ1) is 38.7. The first-order valence-electron chi connectivity index (χ1n) is 16.4. The van der Waals surface area contributed by atoms with Gasteiger partial charge in [0.05, 0.1) is 23.1 Å². The zero-order valence-corrected chi connectivity index (χ0v) is 29.1. The molecular weight excluding hydrogens is 649 g/mol. The molecule has 9 nitrogen and oxygen atoms in total. The average molecular weight is 698 g/mol. The van der Waals surface area contributed by atoms with Gasteiger partial charge in [-0.2, -0.15) is 11.8 Å². The highest BCUT2D eigenvalue weighted by Crippen LogP contribution is 2.21. The predicted octanol–water partition coefficient (Wildman–Crippen LogP) is 4.69. The van der Waals surface area contributed by atoms with Crippen molar-refractivity contribution in [3.63, 3.8) is 0 Å². The molecule has 0 spiro atoms. The molecular formula is C34H49F2N3O6S2. The molecule has 1 fully saturated rings. The Bertz CT molecular complexity index is 1380. The number of carbonyl (C=O) groups is 2. The molecule has 13 heteroatoms. The number of rotatable bonds is 19. The van der Waals surface area contributed by atoms with Crippen LogP contribution in [0.15, 0.2) is 42.5 Å². The number of aliphatic hydroxyl groups is 1. The number of halogens is 2. The molecule has 0 aliphatic carbocycles. The van der Waals surface area contributed by atoms with Gasteiger partial charge in [0, 0.05) is 24.9 Å². The van der Waals surface area contributed by atoms with E-state index in [1.807, 2.05) is 45.0 Å². The molecule has 1 aliphatic rings. The molecule has 4 N–H and O–H groups in total. The number of thioether (sulfide) groups is 1. The van der Waals surface area contributed by atoms with E-state index in [0.29, 0.717) is 44.4 Å². The summed E-state index contributed by atoms with van der Waals surface area (Å²) in [5.41, 5.74) is 2.33. The quantitative estimate of drug-likeness (QED) is 0.166. The van der Waals surface area contributed by atoms with Crippen LogP contribution in [-0.2, 0) is 38.8 Å². The Morgan fingerprint density at radius 2 is 1.68 bits per heavy atom. The summed E-state index contributed by atoms with van der Waals surface area (Å²) in [4.78, 5) is 26.7. The zero-order chi connectivity index (χ0) is 34.4. The van der Waals surface area contributed by atoms with E-state index in [2.05, 4.69) is 16.0 Å². The number of aliphatic hydroxyl groups excluding tert-OH is 1. The molecule has 1 aliphatic heterocycles. The zero-order valence-electron chi connectivity index (χ0n) is 27.5. The second-order valence-electron chi connectivity index (χ2n) is 12.1. The van der Waals surface area contributed by atoms with Crippen LogP contribution in [-0.4, -0.2) is 78.9 Å². The summed E-state index contributed by atoms with van der Waals surface area (Å²) in [5, 5.41) is 18.9. The third kappa shape index (κ3) is 13.0. The molecule has 3 rings (SSSR count). The van der Waals surface area contributed by atoms with Crippen LogP contribution in [0.25, 0.3) is 0 Å². The molecule has 47 heavy (non-hydrogen) atoms. The maximum atomic E-state index is 14.1. The number of nitrogens with one attached hydrogen (secondary N) is 3. The molecule has 0 bridgehead atoms. The van der Waals surface area contributed by atoms with Crippen LogP contribution in [0.3, 0.4) is 0 Å². The summed E-state index contributed by atoms with van der Waals surface area (Å²) in [6, 6.07) is 8.26. The number of amides is 2. The number of benzene rings is 2. The van der Waals surface area contributed by atoms with Crippen molar-refractivity contribution in [2.45, 2.75) is 102 Å². The van der Waals surface area contributed by atoms with E-state index in [-0.39, 0.29) is 24.6 Å². The maximum absolute atomic E-state index is 14.1. The largest absolute Gasteiger partial charge is 0.445 e. The number of alkyl carbamates (subject to hydrolysis) is 1. The van der Waals surface area contributed by atoms with Crippen LogP contribution in [0.2, 0.25) is 0 Å². The van der Waals surface area contributed by atoms with E-state index in [1.165, 1.54) is 0 Å². The number of hydrogen-bond acceptors (Lipinski definition) is 8. The van der Waals surface area contributed by atoms with Crippen molar-refractivity contribution < 1.29 is 36.6 Å². The Labute approximate surface area is 281 Å². The van der Waals surface area contributed by atoms with Crippen molar-refractivity contribution in [3.8, 4) is 0 Å². The van der Waals surface area contributed by atoms with Crippen LogP contribution in [0.1, 0.15) is 69.6 Å².